The summed E-state index contributed by atoms with van der Waals surface area (Å²) in [4.78, 5) is 26.9. The SMILES string of the molecule is CC(=O)Nc1ccn([C@@H]2O[C@H](CO)C(O)C2OCCC#N)c(=O)n1. The molecule has 1 amide bonds. The molecule has 3 N–H and O–H groups in total. The minimum absolute atomic E-state index is 0.0440. The van der Waals surface area contributed by atoms with Gasteiger partial charge < -0.3 is 25.0 Å². The van der Waals surface area contributed by atoms with Crippen molar-refractivity contribution in [2.24, 2.45) is 0 Å². The highest BCUT2D eigenvalue weighted by Crippen LogP contribution is 2.30. The zero-order valence-corrected chi connectivity index (χ0v) is 13.0. The van der Waals surface area contributed by atoms with E-state index in [4.69, 9.17) is 14.7 Å². The number of aliphatic hydroxyl groups excluding tert-OH is 2. The Morgan fingerprint density at radius 3 is 2.96 bits per heavy atom. The van der Waals surface area contributed by atoms with Crippen LogP contribution in [0.3, 0.4) is 0 Å². The quantitative estimate of drug-likeness (QED) is 0.545. The van der Waals surface area contributed by atoms with Crippen LogP contribution in [0.1, 0.15) is 19.6 Å². The second-order valence-corrected chi connectivity index (χ2v) is 5.17. The van der Waals surface area contributed by atoms with E-state index in [-0.39, 0.29) is 24.8 Å². The molecule has 1 aromatic rings. The van der Waals surface area contributed by atoms with Crippen LogP contribution in [-0.4, -0.2) is 57.2 Å². The molecule has 1 saturated heterocycles. The summed E-state index contributed by atoms with van der Waals surface area (Å²) in [6.45, 7) is 0.874. The van der Waals surface area contributed by atoms with Gasteiger partial charge in [-0.05, 0) is 6.07 Å². The Morgan fingerprint density at radius 1 is 1.62 bits per heavy atom. The fourth-order valence-corrected chi connectivity index (χ4v) is 2.37. The van der Waals surface area contributed by atoms with Gasteiger partial charge in [0.05, 0.1) is 25.7 Å². The van der Waals surface area contributed by atoms with Crippen LogP contribution < -0.4 is 11.0 Å². The van der Waals surface area contributed by atoms with Crippen LogP contribution >= 0.6 is 0 Å². The van der Waals surface area contributed by atoms with Gasteiger partial charge in [-0.2, -0.15) is 10.2 Å². The average Bonchev–Trinajstić information content (AvgIpc) is 2.83. The number of anilines is 1. The first-order valence-corrected chi connectivity index (χ1v) is 7.27. The van der Waals surface area contributed by atoms with E-state index in [0.717, 1.165) is 4.57 Å². The second kappa shape index (κ2) is 7.98. The van der Waals surface area contributed by atoms with Crippen LogP contribution in [0, 0.1) is 11.3 Å². The van der Waals surface area contributed by atoms with E-state index in [9.17, 15) is 19.8 Å². The Bertz CT molecular complexity index is 685. The van der Waals surface area contributed by atoms with E-state index < -0.39 is 36.8 Å². The van der Waals surface area contributed by atoms with Gasteiger partial charge in [-0.1, -0.05) is 0 Å². The lowest BCUT2D eigenvalue weighted by Gasteiger charge is -2.21. The van der Waals surface area contributed by atoms with Gasteiger partial charge in [0.1, 0.15) is 24.1 Å². The Balaban J connectivity index is 2.25. The highest BCUT2D eigenvalue weighted by Gasteiger charge is 2.45. The first-order valence-electron chi connectivity index (χ1n) is 7.27. The van der Waals surface area contributed by atoms with Crippen LogP contribution in [0.4, 0.5) is 5.82 Å². The third-order valence-corrected chi connectivity index (χ3v) is 3.43. The molecule has 0 spiro atoms. The number of nitrogens with zero attached hydrogens (tertiary/aromatic N) is 3. The molecule has 0 radical (unpaired) electrons. The molecular formula is C14H18N4O6. The van der Waals surface area contributed by atoms with Gasteiger partial charge in [-0.3, -0.25) is 9.36 Å². The molecule has 0 aliphatic carbocycles. The number of ether oxygens (including phenoxy) is 2. The first-order chi connectivity index (χ1) is 11.5. The number of aromatic nitrogens is 2. The predicted molar refractivity (Wildman–Crippen MR) is 79.8 cm³/mol. The fraction of sp³-hybridized carbons (Fsp3) is 0.571. The molecule has 130 valence electrons. The summed E-state index contributed by atoms with van der Waals surface area (Å²) in [5.74, 6) is -0.284. The maximum Gasteiger partial charge on any atom is 0.351 e. The molecule has 2 rings (SSSR count). The minimum Gasteiger partial charge on any atom is -0.394 e. The van der Waals surface area contributed by atoms with Crippen molar-refractivity contribution in [2.45, 2.75) is 37.9 Å². The lowest BCUT2D eigenvalue weighted by Crippen LogP contribution is -2.38. The first kappa shape index (κ1) is 18.0. The Hall–Kier alpha value is -2.32. The predicted octanol–water partition coefficient (Wildman–Crippen LogP) is -1.25. The third kappa shape index (κ3) is 3.95. The van der Waals surface area contributed by atoms with Gasteiger partial charge >= 0.3 is 5.69 Å². The van der Waals surface area contributed by atoms with Crippen molar-refractivity contribution < 1.29 is 24.5 Å². The van der Waals surface area contributed by atoms with Crippen molar-refractivity contribution in [3.05, 3.63) is 22.7 Å². The fourth-order valence-electron chi connectivity index (χ4n) is 2.37. The number of hydrogen-bond donors (Lipinski definition) is 3. The Labute approximate surface area is 137 Å². The zero-order chi connectivity index (χ0) is 17.7. The van der Waals surface area contributed by atoms with Gasteiger partial charge in [0.25, 0.3) is 0 Å². The lowest BCUT2D eigenvalue weighted by atomic mass is 10.1. The van der Waals surface area contributed by atoms with E-state index in [1.807, 2.05) is 6.07 Å². The number of rotatable bonds is 6. The van der Waals surface area contributed by atoms with Crippen molar-refractivity contribution >= 4 is 11.7 Å². The summed E-state index contributed by atoms with van der Waals surface area (Å²) in [6, 6.07) is 3.31. The molecular weight excluding hydrogens is 320 g/mol. The van der Waals surface area contributed by atoms with Crippen molar-refractivity contribution in [3.63, 3.8) is 0 Å². The summed E-state index contributed by atoms with van der Waals surface area (Å²) in [5, 5.41) is 30.4. The highest BCUT2D eigenvalue weighted by atomic mass is 16.6. The molecule has 10 heteroatoms. The number of carbonyl (C=O) groups is 1. The topological polar surface area (TPSA) is 147 Å². The second-order valence-electron chi connectivity index (χ2n) is 5.17. The number of aliphatic hydroxyl groups is 2. The third-order valence-electron chi connectivity index (χ3n) is 3.43. The number of carbonyl (C=O) groups excluding carboxylic acids is 1. The lowest BCUT2D eigenvalue weighted by molar-refractivity contribution is -0.114. The molecule has 1 aliphatic heterocycles. The summed E-state index contributed by atoms with van der Waals surface area (Å²) >= 11 is 0. The van der Waals surface area contributed by atoms with E-state index in [2.05, 4.69) is 10.3 Å². The summed E-state index contributed by atoms with van der Waals surface area (Å²) < 4.78 is 12.0. The summed E-state index contributed by atoms with van der Waals surface area (Å²) in [5.41, 5.74) is -0.717. The molecule has 0 aromatic carbocycles. The molecule has 10 nitrogen and oxygen atoms in total. The van der Waals surface area contributed by atoms with Crippen molar-refractivity contribution in [3.8, 4) is 6.07 Å². The highest BCUT2D eigenvalue weighted by molar-refractivity contribution is 5.87. The van der Waals surface area contributed by atoms with Crippen LogP contribution in [0.25, 0.3) is 0 Å². The van der Waals surface area contributed by atoms with Crippen molar-refractivity contribution in [1.82, 2.24) is 9.55 Å². The maximum atomic E-state index is 12.2. The van der Waals surface area contributed by atoms with Crippen molar-refractivity contribution in [2.75, 3.05) is 18.5 Å². The molecule has 2 heterocycles. The summed E-state index contributed by atoms with van der Waals surface area (Å²) in [6.07, 6.45) is -2.60. The van der Waals surface area contributed by atoms with E-state index in [1.54, 1.807) is 0 Å². The van der Waals surface area contributed by atoms with Crippen LogP contribution in [-0.2, 0) is 14.3 Å². The normalized spacial score (nSPS) is 26.1. The molecule has 0 saturated carbocycles. The van der Waals surface area contributed by atoms with Gasteiger partial charge in [0, 0.05) is 13.1 Å². The van der Waals surface area contributed by atoms with Gasteiger partial charge in [-0.25, -0.2) is 4.79 Å². The average molecular weight is 338 g/mol. The van der Waals surface area contributed by atoms with E-state index in [1.165, 1.54) is 19.2 Å². The molecule has 24 heavy (non-hydrogen) atoms. The number of nitrogens with one attached hydrogen (secondary N) is 1. The van der Waals surface area contributed by atoms with Crippen LogP contribution in [0.15, 0.2) is 17.1 Å². The van der Waals surface area contributed by atoms with Gasteiger partial charge in [0.2, 0.25) is 5.91 Å². The zero-order valence-electron chi connectivity index (χ0n) is 13.0. The van der Waals surface area contributed by atoms with Gasteiger partial charge in [-0.15, -0.1) is 0 Å². The van der Waals surface area contributed by atoms with Crippen LogP contribution in [0.5, 0.6) is 0 Å². The largest absolute Gasteiger partial charge is 0.394 e. The molecule has 4 atom stereocenters. The minimum atomic E-state index is -1.17. The summed E-state index contributed by atoms with van der Waals surface area (Å²) in [7, 11) is 0. The van der Waals surface area contributed by atoms with Crippen LogP contribution in [0.2, 0.25) is 0 Å². The van der Waals surface area contributed by atoms with E-state index in [0.29, 0.717) is 0 Å². The molecule has 1 aliphatic rings. The van der Waals surface area contributed by atoms with Crippen molar-refractivity contribution in [1.29, 1.82) is 5.26 Å². The smallest absolute Gasteiger partial charge is 0.351 e. The van der Waals surface area contributed by atoms with Gasteiger partial charge in [0.15, 0.2) is 6.23 Å². The molecule has 2 unspecified atom stereocenters. The molecule has 1 aromatic heterocycles. The number of hydrogen-bond acceptors (Lipinski definition) is 8. The molecule has 0 bridgehead atoms. The number of amides is 1. The standard InChI is InChI=1S/C14H18N4O6/c1-8(20)16-10-3-5-18(14(22)17-10)13-12(23-6-2-4-15)11(21)9(7-19)24-13/h3,5,9,11-13,19,21H,2,6-7H2,1H3,(H,16,17,20,22)/t9-,11?,12?,13-/m1/s1. The Morgan fingerprint density at radius 2 is 2.38 bits per heavy atom. The molecule has 1 fully saturated rings. The Kier molecular flexibility index (Phi) is 5.99. The maximum absolute atomic E-state index is 12.2. The monoisotopic (exact) mass is 338 g/mol. The van der Waals surface area contributed by atoms with E-state index >= 15 is 0 Å². The number of nitriles is 1.